The molecule has 120 valence electrons. The molecule has 1 aliphatic heterocycles. The fourth-order valence-corrected chi connectivity index (χ4v) is 2.94. The molecule has 3 rings (SSSR count). The number of hydrogen-bond acceptors (Lipinski definition) is 7. The van der Waals surface area contributed by atoms with E-state index in [0.29, 0.717) is 18.3 Å². The van der Waals surface area contributed by atoms with E-state index in [9.17, 15) is 4.79 Å². The number of amides is 1. The second kappa shape index (κ2) is 7.68. The number of thiophene rings is 1. The monoisotopic (exact) mass is 343 g/mol. The van der Waals surface area contributed by atoms with E-state index in [2.05, 4.69) is 15.0 Å². The van der Waals surface area contributed by atoms with Crippen molar-refractivity contribution >= 4 is 29.7 Å². The van der Waals surface area contributed by atoms with Gasteiger partial charge in [-0.1, -0.05) is 5.16 Å². The lowest BCUT2D eigenvalue weighted by Gasteiger charge is -2.33. The lowest BCUT2D eigenvalue weighted by molar-refractivity contribution is 0.0625. The number of hydrogen-bond donors (Lipinski definition) is 1. The minimum Gasteiger partial charge on any atom is -0.338 e. The number of carbonyl (C=O) groups excluding carboxylic acids is 1. The van der Waals surface area contributed by atoms with Crippen molar-refractivity contribution in [3.63, 3.8) is 0 Å². The summed E-state index contributed by atoms with van der Waals surface area (Å²) in [6.07, 6.45) is 0. The zero-order valence-corrected chi connectivity index (χ0v) is 13.6. The van der Waals surface area contributed by atoms with Crippen molar-refractivity contribution in [3.8, 4) is 0 Å². The van der Waals surface area contributed by atoms with Crippen LogP contribution in [0.15, 0.2) is 21.3 Å². The van der Waals surface area contributed by atoms with Gasteiger partial charge in [-0.25, -0.2) is 0 Å². The minimum atomic E-state index is 0. The molecule has 2 aromatic heterocycles. The van der Waals surface area contributed by atoms with Gasteiger partial charge in [-0.15, -0.1) is 12.4 Å². The van der Waals surface area contributed by atoms with Crippen molar-refractivity contribution in [3.05, 3.63) is 34.1 Å². The van der Waals surface area contributed by atoms with Crippen LogP contribution in [-0.2, 0) is 13.1 Å². The topological polar surface area (TPSA) is 88.5 Å². The van der Waals surface area contributed by atoms with Gasteiger partial charge in [0.2, 0.25) is 5.89 Å². The molecule has 0 unspecified atom stereocenters. The van der Waals surface area contributed by atoms with Gasteiger partial charge in [0.15, 0.2) is 5.82 Å². The molecule has 1 aliphatic rings. The van der Waals surface area contributed by atoms with Gasteiger partial charge in [0.1, 0.15) is 0 Å². The second-order valence-corrected chi connectivity index (χ2v) is 5.67. The van der Waals surface area contributed by atoms with Crippen LogP contribution in [0.3, 0.4) is 0 Å². The van der Waals surface area contributed by atoms with Gasteiger partial charge in [0.05, 0.1) is 18.7 Å². The van der Waals surface area contributed by atoms with E-state index in [1.165, 1.54) is 0 Å². The normalized spacial score (nSPS) is 15.6. The highest BCUT2D eigenvalue weighted by Gasteiger charge is 2.23. The van der Waals surface area contributed by atoms with Crippen molar-refractivity contribution < 1.29 is 9.32 Å². The third kappa shape index (κ3) is 3.83. The first kappa shape index (κ1) is 16.9. The number of nitrogens with two attached hydrogens (primary N) is 1. The first-order chi connectivity index (χ1) is 10.3. The molecule has 9 heteroatoms. The Bertz CT molecular complexity index is 595. The SMILES string of the molecule is Cl.NCc1nc(CN2CCN(C(=O)c3ccsc3)CC2)no1. The molecular weight excluding hydrogens is 326 g/mol. The molecule has 0 bridgehead atoms. The molecule has 1 saturated heterocycles. The van der Waals surface area contributed by atoms with E-state index >= 15 is 0 Å². The number of halogens is 1. The van der Waals surface area contributed by atoms with Crippen molar-refractivity contribution in [1.82, 2.24) is 19.9 Å². The predicted octanol–water partition coefficient (Wildman–Crippen LogP) is 0.970. The van der Waals surface area contributed by atoms with Gasteiger partial charge < -0.3 is 15.2 Å². The molecule has 0 atom stereocenters. The maximum absolute atomic E-state index is 12.2. The average molecular weight is 344 g/mol. The van der Waals surface area contributed by atoms with Gasteiger partial charge in [0, 0.05) is 31.6 Å². The fourth-order valence-electron chi connectivity index (χ4n) is 2.32. The third-order valence-corrected chi connectivity index (χ3v) is 4.16. The summed E-state index contributed by atoms with van der Waals surface area (Å²) in [5.41, 5.74) is 6.22. The van der Waals surface area contributed by atoms with Crippen molar-refractivity contribution in [2.45, 2.75) is 13.1 Å². The summed E-state index contributed by atoms with van der Waals surface area (Å²) in [7, 11) is 0. The van der Waals surface area contributed by atoms with Crippen LogP contribution < -0.4 is 5.73 Å². The van der Waals surface area contributed by atoms with Crippen molar-refractivity contribution in [2.75, 3.05) is 26.2 Å². The Hall–Kier alpha value is -1.48. The highest BCUT2D eigenvalue weighted by molar-refractivity contribution is 7.08. The number of rotatable bonds is 4. The Morgan fingerprint density at radius 1 is 1.36 bits per heavy atom. The van der Waals surface area contributed by atoms with Gasteiger partial charge in [-0.2, -0.15) is 16.3 Å². The number of nitrogens with zero attached hydrogens (tertiary/aromatic N) is 4. The highest BCUT2D eigenvalue weighted by atomic mass is 35.5. The van der Waals surface area contributed by atoms with Gasteiger partial charge in [0.25, 0.3) is 5.91 Å². The number of piperazine rings is 1. The van der Waals surface area contributed by atoms with Crippen LogP contribution in [0.4, 0.5) is 0 Å². The van der Waals surface area contributed by atoms with E-state index < -0.39 is 0 Å². The Balaban J connectivity index is 0.00000176. The van der Waals surface area contributed by atoms with E-state index in [0.717, 1.165) is 31.7 Å². The van der Waals surface area contributed by atoms with Crippen LogP contribution >= 0.6 is 23.7 Å². The zero-order chi connectivity index (χ0) is 14.7. The Morgan fingerprint density at radius 2 is 2.14 bits per heavy atom. The molecular formula is C13H18ClN5O2S. The molecule has 2 aromatic rings. The van der Waals surface area contributed by atoms with E-state index in [1.54, 1.807) is 11.3 Å². The van der Waals surface area contributed by atoms with Gasteiger partial charge in [-0.05, 0) is 11.4 Å². The van der Waals surface area contributed by atoms with Crippen LogP contribution in [0.1, 0.15) is 22.1 Å². The summed E-state index contributed by atoms with van der Waals surface area (Å²) >= 11 is 1.54. The average Bonchev–Trinajstić information content (AvgIpc) is 3.19. The molecule has 3 heterocycles. The molecule has 2 N–H and O–H groups in total. The molecule has 0 radical (unpaired) electrons. The summed E-state index contributed by atoms with van der Waals surface area (Å²) in [5, 5.41) is 7.71. The van der Waals surface area contributed by atoms with Crippen molar-refractivity contribution in [2.24, 2.45) is 5.73 Å². The Labute approximate surface area is 138 Å². The molecule has 0 aliphatic carbocycles. The predicted molar refractivity (Wildman–Crippen MR) is 84.9 cm³/mol. The minimum absolute atomic E-state index is 0. The van der Waals surface area contributed by atoms with Crippen LogP contribution in [0.5, 0.6) is 0 Å². The van der Waals surface area contributed by atoms with Gasteiger partial charge >= 0.3 is 0 Å². The van der Waals surface area contributed by atoms with E-state index in [1.807, 2.05) is 21.7 Å². The maximum Gasteiger partial charge on any atom is 0.254 e. The molecule has 22 heavy (non-hydrogen) atoms. The Morgan fingerprint density at radius 3 is 2.73 bits per heavy atom. The lowest BCUT2D eigenvalue weighted by Crippen LogP contribution is -2.48. The number of aromatic nitrogens is 2. The van der Waals surface area contributed by atoms with Crippen molar-refractivity contribution in [1.29, 1.82) is 0 Å². The zero-order valence-electron chi connectivity index (χ0n) is 12.0. The van der Waals surface area contributed by atoms with E-state index in [4.69, 9.17) is 10.3 Å². The summed E-state index contributed by atoms with van der Waals surface area (Å²) < 4.78 is 4.99. The molecule has 0 saturated carbocycles. The number of carbonyl (C=O) groups is 1. The highest BCUT2D eigenvalue weighted by Crippen LogP contribution is 2.13. The first-order valence-corrected chi connectivity index (χ1v) is 7.76. The van der Waals surface area contributed by atoms with E-state index in [-0.39, 0.29) is 24.9 Å². The van der Waals surface area contributed by atoms with Gasteiger partial charge in [-0.3, -0.25) is 9.69 Å². The van der Waals surface area contributed by atoms with Crippen LogP contribution in [0.2, 0.25) is 0 Å². The fraction of sp³-hybridized carbons (Fsp3) is 0.462. The standard InChI is InChI=1S/C13H17N5O2S.ClH/c14-7-12-15-11(16-20-12)8-17-2-4-18(5-3-17)13(19)10-1-6-21-9-10;/h1,6,9H,2-5,7-8,14H2;1H. The molecule has 0 aromatic carbocycles. The third-order valence-electron chi connectivity index (χ3n) is 3.48. The second-order valence-electron chi connectivity index (χ2n) is 4.89. The summed E-state index contributed by atoms with van der Waals surface area (Å²) in [5.74, 6) is 1.21. The summed E-state index contributed by atoms with van der Waals surface area (Å²) in [6, 6.07) is 1.87. The smallest absolute Gasteiger partial charge is 0.254 e. The summed E-state index contributed by atoms with van der Waals surface area (Å²) in [4.78, 5) is 20.5. The van der Waals surface area contributed by atoms with Crippen LogP contribution in [0.25, 0.3) is 0 Å². The first-order valence-electron chi connectivity index (χ1n) is 6.81. The van der Waals surface area contributed by atoms with Crippen LogP contribution in [0, 0.1) is 0 Å². The van der Waals surface area contributed by atoms with Crippen LogP contribution in [-0.4, -0.2) is 52.0 Å². The maximum atomic E-state index is 12.2. The molecule has 1 fully saturated rings. The summed E-state index contributed by atoms with van der Waals surface area (Å²) in [6.45, 7) is 3.94. The quantitative estimate of drug-likeness (QED) is 0.889. The molecule has 7 nitrogen and oxygen atoms in total. The lowest BCUT2D eigenvalue weighted by atomic mass is 10.2. The largest absolute Gasteiger partial charge is 0.338 e. The Kier molecular flexibility index (Phi) is 5.90. The molecule has 1 amide bonds. The molecule has 0 spiro atoms.